The molecular formula is C14H20N4O3. The molecule has 0 bridgehead atoms. The van der Waals surface area contributed by atoms with E-state index in [1.165, 1.54) is 11.9 Å². The fourth-order valence-electron chi connectivity index (χ4n) is 3.30. The minimum Gasteiger partial charge on any atom is -0.364 e. The summed E-state index contributed by atoms with van der Waals surface area (Å²) in [5, 5.41) is 6.78. The maximum absolute atomic E-state index is 12.4. The Labute approximate surface area is 123 Å². The van der Waals surface area contributed by atoms with Crippen molar-refractivity contribution in [1.82, 2.24) is 20.3 Å². The summed E-state index contributed by atoms with van der Waals surface area (Å²) in [5.41, 5.74) is 0.0913. The van der Waals surface area contributed by atoms with Gasteiger partial charge in [0, 0.05) is 32.1 Å². The zero-order valence-electron chi connectivity index (χ0n) is 12.3. The van der Waals surface area contributed by atoms with Gasteiger partial charge in [-0.15, -0.1) is 0 Å². The molecule has 2 atom stereocenters. The number of carbonyl (C=O) groups is 2. The van der Waals surface area contributed by atoms with Crippen LogP contribution in [-0.2, 0) is 11.3 Å². The normalized spacial score (nSPS) is 30.8. The predicted octanol–water partition coefficient (Wildman–Crippen LogP) is 0.827. The van der Waals surface area contributed by atoms with Crippen LogP contribution < -0.4 is 5.32 Å². The van der Waals surface area contributed by atoms with E-state index in [0.717, 1.165) is 31.6 Å². The van der Waals surface area contributed by atoms with Crippen LogP contribution in [0.25, 0.3) is 0 Å². The number of amides is 3. The van der Waals surface area contributed by atoms with Gasteiger partial charge in [0.05, 0.1) is 5.69 Å². The molecule has 7 heteroatoms. The van der Waals surface area contributed by atoms with Crippen molar-refractivity contribution in [1.29, 1.82) is 0 Å². The van der Waals surface area contributed by atoms with E-state index in [-0.39, 0.29) is 17.9 Å². The second-order valence-corrected chi connectivity index (χ2v) is 6.06. The molecule has 0 radical (unpaired) electrons. The van der Waals surface area contributed by atoms with Gasteiger partial charge in [0.15, 0.2) is 0 Å². The Kier molecular flexibility index (Phi) is 3.44. The Bertz CT molecular complexity index is 544. The van der Waals surface area contributed by atoms with Crippen molar-refractivity contribution < 1.29 is 14.1 Å². The molecule has 2 aliphatic heterocycles. The first-order valence-electron chi connectivity index (χ1n) is 7.22. The SMILES string of the molecule is CN1C(=O)N[C@](C)([C@H]2CCCN(Cc3ccon3)C2)C1=O. The molecule has 3 rings (SSSR count). The van der Waals surface area contributed by atoms with E-state index in [4.69, 9.17) is 4.52 Å². The van der Waals surface area contributed by atoms with Crippen LogP contribution in [0.15, 0.2) is 16.9 Å². The van der Waals surface area contributed by atoms with Gasteiger partial charge < -0.3 is 9.84 Å². The molecule has 114 valence electrons. The van der Waals surface area contributed by atoms with E-state index in [1.807, 2.05) is 13.0 Å². The van der Waals surface area contributed by atoms with Gasteiger partial charge in [-0.05, 0) is 26.3 Å². The lowest BCUT2D eigenvalue weighted by atomic mass is 9.80. The molecule has 0 saturated carbocycles. The van der Waals surface area contributed by atoms with Crippen molar-refractivity contribution >= 4 is 11.9 Å². The molecule has 21 heavy (non-hydrogen) atoms. The average Bonchev–Trinajstić information content (AvgIpc) is 3.04. The first kappa shape index (κ1) is 14.1. The van der Waals surface area contributed by atoms with Gasteiger partial charge in [-0.1, -0.05) is 5.16 Å². The Morgan fingerprint density at radius 2 is 2.33 bits per heavy atom. The second kappa shape index (κ2) is 5.14. The van der Waals surface area contributed by atoms with Gasteiger partial charge in [-0.3, -0.25) is 14.6 Å². The first-order valence-corrected chi connectivity index (χ1v) is 7.22. The van der Waals surface area contributed by atoms with Gasteiger partial charge >= 0.3 is 6.03 Å². The summed E-state index contributed by atoms with van der Waals surface area (Å²) in [7, 11) is 1.53. The number of piperidine rings is 1. The Morgan fingerprint density at radius 1 is 1.52 bits per heavy atom. The Morgan fingerprint density at radius 3 is 2.95 bits per heavy atom. The number of carbonyl (C=O) groups excluding carboxylic acids is 2. The highest BCUT2D eigenvalue weighted by Crippen LogP contribution is 2.32. The van der Waals surface area contributed by atoms with Crippen molar-refractivity contribution in [2.24, 2.45) is 5.92 Å². The summed E-state index contributed by atoms with van der Waals surface area (Å²) >= 11 is 0. The summed E-state index contributed by atoms with van der Waals surface area (Å²) in [5.74, 6) is -0.0275. The van der Waals surface area contributed by atoms with Gasteiger partial charge in [0.2, 0.25) is 0 Å². The third-order valence-corrected chi connectivity index (χ3v) is 4.62. The highest BCUT2D eigenvalue weighted by atomic mass is 16.5. The first-order chi connectivity index (χ1) is 10.0. The van der Waals surface area contributed by atoms with Crippen LogP contribution in [0.3, 0.4) is 0 Å². The van der Waals surface area contributed by atoms with E-state index in [2.05, 4.69) is 15.4 Å². The summed E-state index contributed by atoms with van der Waals surface area (Å²) < 4.78 is 4.85. The quantitative estimate of drug-likeness (QED) is 0.835. The molecule has 1 N–H and O–H groups in total. The van der Waals surface area contributed by atoms with Crippen LogP contribution in [0.1, 0.15) is 25.5 Å². The molecule has 7 nitrogen and oxygen atoms in total. The summed E-state index contributed by atoms with van der Waals surface area (Å²) in [6.45, 7) is 4.28. The highest BCUT2D eigenvalue weighted by molar-refractivity contribution is 6.06. The van der Waals surface area contributed by atoms with Crippen LogP contribution in [0, 0.1) is 5.92 Å². The lowest BCUT2D eigenvalue weighted by Gasteiger charge is -2.39. The molecule has 1 aromatic heterocycles. The number of imide groups is 1. The van der Waals surface area contributed by atoms with Crippen LogP contribution in [-0.4, -0.2) is 52.6 Å². The Hall–Kier alpha value is -1.89. The summed E-state index contributed by atoms with van der Waals surface area (Å²) in [6.07, 6.45) is 3.50. The largest absolute Gasteiger partial charge is 0.364 e. The van der Waals surface area contributed by atoms with E-state index in [1.54, 1.807) is 6.26 Å². The standard InChI is InChI=1S/C14H20N4O3/c1-14(12(19)17(2)13(20)15-14)10-4-3-6-18(8-10)9-11-5-7-21-16-11/h5,7,10H,3-4,6,8-9H2,1-2H3,(H,15,20)/t10-,14+/m0/s1. The smallest absolute Gasteiger partial charge is 0.324 e. The topological polar surface area (TPSA) is 78.7 Å². The van der Waals surface area contributed by atoms with Crippen molar-refractivity contribution in [2.75, 3.05) is 20.1 Å². The van der Waals surface area contributed by atoms with Gasteiger partial charge in [0.25, 0.3) is 5.91 Å². The number of urea groups is 1. The molecule has 0 unspecified atom stereocenters. The number of aromatic nitrogens is 1. The van der Waals surface area contributed by atoms with Crippen LogP contribution >= 0.6 is 0 Å². The molecule has 2 saturated heterocycles. The van der Waals surface area contributed by atoms with Crippen molar-refractivity contribution in [3.05, 3.63) is 18.0 Å². The number of nitrogens with one attached hydrogen (secondary N) is 1. The van der Waals surface area contributed by atoms with Gasteiger partial charge in [0.1, 0.15) is 11.8 Å². The number of likely N-dealkylation sites (N-methyl/N-ethyl adjacent to an activating group) is 1. The highest BCUT2D eigenvalue weighted by Gasteiger charge is 2.51. The summed E-state index contributed by atoms with van der Waals surface area (Å²) in [6, 6.07) is 1.54. The molecule has 3 heterocycles. The molecule has 2 fully saturated rings. The number of nitrogens with zero attached hydrogens (tertiary/aromatic N) is 3. The van der Waals surface area contributed by atoms with Crippen LogP contribution in [0.5, 0.6) is 0 Å². The molecule has 0 spiro atoms. The van der Waals surface area contributed by atoms with Crippen molar-refractivity contribution in [2.45, 2.75) is 31.8 Å². The number of rotatable bonds is 3. The minimum absolute atomic E-state index is 0.111. The molecule has 1 aromatic rings. The van der Waals surface area contributed by atoms with Crippen LogP contribution in [0.2, 0.25) is 0 Å². The monoisotopic (exact) mass is 292 g/mol. The third-order valence-electron chi connectivity index (χ3n) is 4.62. The lowest BCUT2D eigenvalue weighted by molar-refractivity contribution is -0.132. The fourth-order valence-corrected chi connectivity index (χ4v) is 3.30. The number of hydrogen-bond acceptors (Lipinski definition) is 5. The van der Waals surface area contributed by atoms with Crippen molar-refractivity contribution in [3.63, 3.8) is 0 Å². The zero-order chi connectivity index (χ0) is 15.0. The fraction of sp³-hybridized carbons (Fsp3) is 0.643. The molecule has 0 aromatic carbocycles. The van der Waals surface area contributed by atoms with E-state index < -0.39 is 5.54 Å². The minimum atomic E-state index is -0.797. The van der Waals surface area contributed by atoms with E-state index >= 15 is 0 Å². The zero-order valence-corrected chi connectivity index (χ0v) is 12.3. The van der Waals surface area contributed by atoms with Gasteiger partial charge in [-0.2, -0.15) is 0 Å². The van der Waals surface area contributed by atoms with Gasteiger partial charge in [-0.25, -0.2) is 4.79 Å². The number of hydrogen-bond donors (Lipinski definition) is 1. The predicted molar refractivity (Wildman–Crippen MR) is 74.2 cm³/mol. The van der Waals surface area contributed by atoms with Crippen molar-refractivity contribution in [3.8, 4) is 0 Å². The lowest BCUT2D eigenvalue weighted by Crippen LogP contribution is -2.55. The maximum Gasteiger partial charge on any atom is 0.324 e. The third kappa shape index (κ3) is 2.42. The number of likely N-dealkylation sites (tertiary alicyclic amines) is 1. The molecule has 0 aliphatic carbocycles. The van der Waals surface area contributed by atoms with E-state index in [9.17, 15) is 9.59 Å². The molecule has 3 amide bonds. The second-order valence-electron chi connectivity index (χ2n) is 6.06. The average molecular weight is 292 g/mol. The molecular weight excluding hydrogens is 272 g/mol. The van der Waals surface area contributed by atoms with Crippen LogP contribution in [0.4, 0.5) is 4.79 Å². The summed E-state index contributed by atoms with van der Waals surface area (Å²) in [4.78, 5) is 27.5. The Balaban J connectivity index is 1.71. The van der Waals surface area contributed by atoms with E-state index in [0.29, 0.717) is 6.54 Å². The maximum atomic E-state index is 12.4. The molecule has 2 aliphatic rings.